The number of nitrogen functional groups attached to an aromatic ring is 1. The molecule has 0 amide bonds. The average molecular weight is 251 g/mol. The molecule has 0 radical (unpaired) electrons. The molecule has 1 aromatic heterocycles. The summed E-state index contributed by atoms with van der Waals surface area (Å²) >= 11 is 0. The van der Waals surface area contributed by atoms with Crippen LogP contribution in [0.25, 0.3) is 0 Å². The summed E-state index contributed by atoms with van der Waals surface area (Å²) in [5.41, 5.74) is 6.09. The third-order valence-electron chi connectivity index (χ3n) is 3.34. The van der Waals surface area contributed by atoms with Crippen LogP contribution >= 0.6 is 0 Å². The molecule has 1 unspecified atom stereocenters. The second kappa shape index (κ2) is 6.23. The van der Waals surface area contributed by atoms with Crippen molar-refractivity contribution in [2.24, 2.45) is 5.92 Å². The first kappa shape index (κ1) is 14.3. The molecule has 100 valence electrons. The molecule has 5 heteroatoms. The molecule has 0 aliphatic carbocycles. The van der Waals surface area contributed by atoms with E-state index in [1.165, 1.54) is 12.3 Å². The first-order valence-electron chi connectivity index (χ1n) is 6.25. The van der Waals surface area contributed by atoms with E-state index in [4.69, 9.17) is 10.8 Å². The molecule has 1 aromatic rings. The van der Waals surface area contributed by atoms with Crippen molar-refractivity contribution in [1.82, 2.24) is 4.98 Å². The van der Waals surface area contributed by atoms with E-state index in [9.17, 15) is 4.79 Å². The Balaban J connectivity index is 2.91. The van der Waals surface area contributed by atoms with E-state index in [0.717, 1.165) is 12.8 Å². The van der Waals surface area contributed by atoms with E-state index in [0.29, 0.717) is 11.7 Å². The lowest BCUT2D eigenvalue weighted by Gasteiger charge is -2.23. The first-order valence-corrected chi connectivity index (χ1v) is 6.25. The zero-order chi connectivity index (χ0) is 13.7. The number of pyridine rings is 1. The minimum absolute atomic E-state index is 0.0873. The second-order valence-electron chi connectivity index (χ2n) is 4.44. The Morgan fingerprint density at radius 2 is 2.11 bits per heavy atom. The maximum absolute atomic E-state index is 11.0. The van der Waals surface area contributed by atoms with E-state index in [1.807, 2.05) is 0 Å². The number of carbonyl (C=O) groups is 1. The number of carboxylic acids is 1. The summed E-state index contributed by atoms with van der Waals surface area (Å²) in [6.07, 6.45) is 3.58. The number of hydrogen-bond acceptors (Lipinski definition) is 4. The highest BCUT2D eigenvalue weighted by atomic mass is 16.4. The largest absolute Gasteiger partial charge is 0.478 e. The Morgan fingerprint density at radius 1 is 1.50 bits per heavy atom. The van der Waals surface area contributed by atoms with Crippen molar-refractivity contribution < 1.29 is 9.90 Å². The minimum Gasteiger partial charge on any atom is -0.478 e. The highest BCUT2D eigenvalue weighted by molar-refractivity contribution is 5.96. The van der Waals surface area contributed by atoms with E-state index in [1.54, 1.807) is 0 Å². The van der Waals surface area contributed by atoms with Crippen LogP contribution in [0.2, 0.25) is 0 Å². The summed E-state index contributed by atoms with van der Waals surface area (Å²) in [7, 11) is 0. The van der Waals surface area contributed by atoms with Crippen molar-refractivity contribution in [1.29, 1.82) is 0 Å². The standard InChI is InChI=1S/C13H21N3O2/c1-4-9(5-2)8(3)16-12-11(14)10(13(17)18)6-7-15-12/h6-9H,4-5,14H2,1-3H3,(H,15,16)(H,17,18). The van der Waals surface area contributed by atoms with E-state index in [-0.39, 0.29) is 17.3 Å². The third kappa shape index (κ3) is 3.12. The average Bonchev–Trinajstić information content (AvgIpc) is 2.33. The summed E-state index contributed by atoms with van der Waals surface area (Å²) in [5.74, 6) is -0.0675. The molecule has 18 heavy (non-hydrogen) atoms. The van der Waals surface area contributed by atoms with Crippen LogP contribution in [-0.4, -0.2) is 22.1 Å². The predicted octanol–water partition coefficient (Wildman–Crippen LogP) is 2.60. The SMILES string of the molecule is CCC(CC)C(C)Nc1nccc(C(=O)O)c1N. The molecule has 1 heterocycles. The monoisotopic (exact) mass is 251 g/mol. The number of nitrogens with one attached hydrogen (secondary N) is 1. The fourth-order valence-electron chi connectivity index (χ4n) is 2.10. The van der Waals surface area contributed by atoms with Crippen molar-refractivity contribution in [3.05, 3.63) is 17.8 Å². The van der Waals surface area contributed by atoms with Gasteiger partial charge in [-0.05, 0) is 18.9 Å². The fraction of sp³-hybridized carbons (Fsp3) is 0.538. The minimum atomic E-state index is -1.03. The number of hydrogen-bond donors (Lipinski definition) is 3. The number of rotatable bonds is 6. The van der Waals surface area contributed by atoms with Crippen molar-refractivity contribution in [2.45, 2.75) is 39.7 Å². The number of nitrogens with zero attached hydrogens (tertiary/aromatic N) is 1. The molecule has 1 rings (SSSR count). The van der Waals surface area contributed by atoms with Crippen molar-refractivity contribution >= 4 is 17.5 Å². The van der Waals surface area contributed by atoms with E-state index < -0.39 is 5.97 Å². The number of nitrogens with two attached hydrogens (primary N) is 1. The van der Waals surface area contributed by atoms with Gasteiger partial charge in [-0.25, -0.2) is 9.78 Å². The summed E-state index contributed by atoms with van der Waals surface area (Å²) in [5, 5.41) is 12.2. The first-order chi connectivity index (χ1) is 8.51. The summed E-state index contributed by atoms with van der Waals surface area (Å²) in [6, 6.07) is 1.61. The molecule has 0 bridgehead atoms. The number of aromatic nitrogens is 1. The van der Waals surface area contributed by atoms with E-state index >= 15 is 0 Å². The summed E-state index contributed by atoms with van der Waals surface area (Å²) in [6.45, 7) is 6.33. The molecule has 0 aliphatic rings. The van der Waals surface area contributed by atoms with Crippen LogP contribution < -0.4 is 11.1 Å². The van der Waals surface area contributed by atoms with Crippen LogP contribution in [0.1, 0.15) is 44.0 Å². The van der Waals surface area contributed by atoms with Crippen LogP contribution in [0.15, 0.2) is 12.3 Å². The van der Waals surface area contributed by atoms with Gasteiger partial charge in [0.1, 0.15) is 5.82 Å². The van der Waals surface area contributed by atoms with Crippen molar-refractivity contribution in [3.8, 4) is 0 Å². The number of carboxylic acid groups (broad SMARTS) is 1. The zero-order valence-electron chi connectivity index (χ0n) is 11.1. The molecule has 0 aliphatic heterocycles. The van der Waals surface area contributed by atoms with Crippen molar-refractivity contribution in [3.63, 3.8) is 0 Å². The maximum Gasteiger partial charge on any atom is 0.337 e. The molecule has 4 N–H and O–H groups in total. The molecule has 0 fully saturated rings. The van der Waals surface area contributed by atoms with Gasteiger partial charge in [-0.15, -0.1) is 0 Å². The molecule has 0 saturated carbocycles. The van der Waals surface area contributed by atoms with Crippen LogP contribution in [0, 0.1) is 5.92 Å². The van der Waals surface area contributed by atoms with Gasteiger partial charge in [0.15, 0.2) is 0 Å². The molecule has 0 aromatic carbocycles. The van der Waals surface area contributed by atoms with Gasteiger partial charge in [0, 0.05) is 12.2 Å². The smallest absolute Gasteiger partial charge is 0.337 e. The van der Waals surface area contributed by atoms with Crippen LogP contribution in [0.5, 0.6) is 0 Å². The molecule has 5 nitrogen and oxygen atoms in total. The van der Waals surface area contributed by atoms with Gasteiger partial charge < -0.3 is 16.2 Å². The number of aromatic carboxylic acids is 1. The van der Waals surface area contributed by atoms with Gasteiger partial charge in [-0.2, -0.15) is 0 Å². The normalized spacial score (nSPS) is 12.4. The Labute approximate surface area is 107 Å². The van der Waals surface area contributed by atoms with E-state index in [2.05, 4.69) is 31.1 Å². The highest BCUT2D eigenvalue weighted by Gasteiger charge is 2.17. The Bertz CT molecular complexity index is 417. The van der Waals surface area contributed by atoms with Crippen molar-refractivity contribution in [2.75, 3.05) is 11.1 Å². The molecule has 0 spiro atoms. The maximum atomic E-state index is 11.0. The summed E-state index contributed by atoms with van der Waals surface area (Å²) < 4.78 is 0. The Hall–Kier alpha value is -1.78. The van der Waals surface area contributed by atoms with Gasteiger partial charge in [-0.3, -0.25) is 0 Å². The topological polar surface area (TPSA) is 88.2 Å². The number of anilines is 2. The van der Waals surface area contributed by atoms with Crippen LogP contribution in [-0.2, 0) is 0 Å². The molecular formula is C13H21N3O2. The third-order valence-corrected chi connectivity index (χ3v) is 3.34. The van der Waals surface area contributed by atoms with Gasteiger partial charge in [0.25, 0.3) is 0 Å². The van der Waals surface area contributed by atoms with Crippen LogP contribution in [0.3, 0.4) is 0 Å². The zero-order valence-corrected chi connectivity index (χ0v) is 11.1. The van der Waals surface area contributed by atoms with Gasteiger partial charge in [0.2, 0.25) is 0 Å². The van der Waals surface area contributed by atoms with Gasteiger partial charge in [0.05, 0.1) is 11.3 Å². The van der Waals surface area contributed by atoms with Gasteiger partial charge in [-0.1, -0.05) is 26.7 Å². The van der Waals surface area contributed by atoms with Gasteiger partial charge >= 0.3 is 5.97 Å². The van der Waals surface area contributed by atoms with Crippen LogP contribution in [0.4, 0.5) is 11.5 Å². The second-order valence-corrected chi connectivity index (χ2v) is 4.44. The lowest BCUT2D eigenvalue weighted by atomic mass is 9.95. The summed E-state index contributed by atoms with van der Waals surface area (Å²) in [4.78, 5) is 15.1. The lowest BCUT2D eigenvalue weighted by Crippen LogP contribution is -2.26. The lowest BCUT2D eigenvalue weighted by molar-refractivity contribution is 0.0698. The quantitative estimate of drug-likeness (QED) is 0.723. The molecule has 0 saturated heterocycles. The Morgan fingerprint density at radius 3 is 2.61 bits per heavy atom. The molecular weight excluding hydrogens is 230 g/mol. The highest BCUT2D eigenvalue weighted by Crippen LogP contribution is 2.23. The predicted molar refractivity (Wildman–Crippen MR) is 72.8 cm³/mol. The Kier molecular flexibility index (Phi) is 4.95. The fourth-order valence-corrected chi connectivity index (χ4v) is 2.10. The molecule has 1 atom stereocenters.